The number of piperidine rings is 1. The fourth-order valence-electron chi connectivity index (χ4n) is 3.04. The second-order valence-electron chi connectivity index (χ2n) is 6.58. The molecule has 144 valence electrons. The van der Waals surface area contributed by atoms with Crippen LogP contribution in [0.25, 0.3) is 11.3 Å². The fourth-order valence-corrected chi connectivity index (χ4v) is 4.23. The highest BCUT2D eigenvalue weighted by atomic mass is 32.2. The lowest BCUT2D eigenvalue weighted by Crippen LogP contribution is -2.45. The van der Waals surface area contributed by atoms with Crippen LogP contribution in [-0.2, 0) is 10.2 Å². The number of aromatic carboxylic acids is 1. The van der Waals surface area contributed by atoms with Gasteiger partial charge >= 0.3 is 5.97 Å². The van der Waals surface area contributed by atoms with Crippen LogP contribution in [0.4, 0.5) is 0 Å². The van der Waals surface area contributed by atoms with E-state index in [2.05, 4.69) is 15.0 Å². The molecule has 1 atom stereocenters. The first-order valence-electron chi connectivity index (χ1n) is 8.47. The lowest BCUT2D eigenvalue weighted by molar-refractivity contribution is 0.0696. The molecule has 0 amide bonds. The van der Waals surface area contributed by atoms with Crippen LogP contribution in [0.2, 0.25) is 0 Å². The quantitative estimate of drug-likeness (QED) is 0.814. The van der Waals surface area contributed by atoms with E-state index in [0.29, 0.717) is 30.0 Å². The van der Waals surface area contributed by atoms with E-state index in [9.17, 15) is 13.2 Å². The Morgan fingerprint density at radius 2 is 1.96 bits per heavy atom. The Kier molecular flexibility index (Phi) is 5.49. The number of nitrogens with zero attached hydrogens (tertiary/aromatic N) is 5. The number of rotatable bonds is 5. The van der Waals surface area contributed by atoms with E-state index in [-0.39, 0.29) is 11.5 Å². The smallest absolute Gasteiger partial charge is 0.337 e. The summed E-state index contributed by atoms with van der Waals surface area (Å²) in [4.78, 5) is 23.9. The molecule has 0 spiro atoms. The Balaban J connectivity index is 1.87. The molecular weight excluding hydrogens is 370 g/mol. The van der Waals surface area contributed by atoms with E-state index in [1.807, 2.05) is 0 Å². The monoisotopic (exact) mass is 391 g/mol. The third-order valence-electron chi connectivity index (χ3n) is 4.52. The van der Waals surface area contributed by atoms with Crippen molar-refractivity contribution in [1.29, 1.82) is 0 Å². The molecule has 0 bridgehead atoms. The van der Waals surface area contributed by atoms with E-state index in [1.165, 1.54) is 41.2 Å². The van der Waals surface area contributed by atoms with Gasteiger partial charge in [-0.05, 0) is 18.9 Å². The SMILES string of the molecule is CN(C)S(=O)(=O)N1CCC[C@@H](c2cncc(-c3cncc(C(=O)O)c3)n2)C1. The standard InChI is InChI=1S/C17H21N5O4S/c1-21(2)27(25,26)22-5-3-4-12(11-22)15-9-19-10-16(20-15)13-6-14(17(23)24)8-18-7-13/h6-10,12H,3-5,11H2,1-2H3,(H,23,24)/t12-/m1/s1. The summed E-state index contributed by atoms with van der Waals surface area (Å²) in [5.41, 5.74) is 1.82. The zero-order valence-corrected chi connectivity index (χ0v) is 15.9. The highest BCUT2D eigenvalue weighted by Crippen LogP contribution is 2.28. The van der Waals surface area contributed by atoms with Crippen LogP contribution in [0.1, 0.15) is 34.8 Å². The van der Waals surface area contributed by atoms with Gasteiger partial charge in [-0.25, -0.2) is 9.78 Å². The predicted octanol–water partition coefficient (Wildman–Crippen LogP) is 1.22. The molecule has 10 heteroatoms. The van der Waals surface area contributed by atoms with Crippen LogP contribution < -0.4 is 0 Å². The summed E-state index contributed by atoms with van der Waals surface area (Å²) in [6.07, 6.45) is 7.53. The summed E-state index contributed by atoms with van der Waals surface area (Å²) >= 11 is 0. The molecule has 1 N–H and O–H groups in total. The van der Waals surface area contributed by atoms with Crippen molar-refractivity contribution in [2.24, 2.45) is 0 Å². The van der Waals surface area contributed by atoms with Crippen molar-refractivity contribution in [1.82, 2.24) is 23.6 Å². The van der Waals surface area contributed by atoms with E-state index in [0.717, 1.165) is 12.8 Å². The lowest BCUT2D eigenvalue weighted by Gasteiger charge is -2.33. The van der Waals surface area contributed by atoms with Crippen molar-refractivity contribution in [2.75, 3.05) is 27.2 Å². The topological polar surface area (TPSA) is 117 Å². The van der Waals surface area contributed by atoms with E-state index >= 15 is 0 Å². The van der Waals surface area contributed by atoms with Gasteiger partial charge in [0.1, 0.15) is 0 Å². The van der Waals surface area contributed by atoms with Crippen molar-refractivity contribution in [3.8, 4) is 11.3 Å². The molecule has 1 aliphatic heterocycles. The van der Waals surface area contributed by atoms with Gasteiger partial charge in [0.15, 0.2) is 0 Å². The first kappa shape index (κ1) is 19.3. The van der Waals surface area contributed by atoms with E-state index in [4.69, 9.17) is 5.11 Å². The normalized spacial score (nSPS) is 18.6. The van der Waals surface area contributed by atoms with E-state index in [1.54, 1.807) is 12.4 Å². The molecule has 27 heavy (non-hydrogen) atoms. The molecule has 9 nitrogen and oxygen atoms in total. The van der Waals surface area contributed by atoms with Crippen LogP contribution in [0.15, 0.2) is 30.9 Å². The zero-order valence-electron chi connectivity index (χ0n) is 15.1. The lowest BCUT2D eigenvalue weighted by atomic mass is 9.96. The maximum Gasteiger partial charge on any atom is 0.337 e. The molecule has 3 rings (SSSR count). The minimum absolute atomic E-state index is 0.0700. The Bertz CT molecular complexity index is 948. The number of aromatic nitrogens is 3. The summed E-state index contributed by atoms with van der Waals surface area (Å²) < 4.78 is 27.5. The molecule has 0 saturated carbocycles. The minimum Gasteiger partial charge on any atom is -0.478 e. The maximum atomic E-state index is 12.4. The van der Waals surface area contributed by atoms with Crippen LogP contribution in [0.3, 0.4) is 0 Å². The number of pyridine rings is 1. The van der Waals surface area contributed by atoms with Crippen LogP contribution in [0, 0.1) is 0 Å². The molecule has 2 aromatic rings. The number of carbonyl (C=O) groups is 1. The van der Waals surface area contributed by atoms with Crippen LogP contribution in [0.5, 0.6) is 0 Å². The Morgan fingerprint density at radius 3 is 2.67 bits per heavy atom. The molecule has 2 aromatic heterocycles. The summed E-state index contributed by atoms with van der Waals surface area (Å²) in [7, 11) is -0.444. The molecule has 1 aliphatic rings. The number of carboxylic acids is 1. The van der Waals surface area contributed by atoms with Crippen LogP contribution in [-0.4, -0.2) is 70.2 Å². The Morgan fingerprint density at radius 1 is 1.22 bits per heavy atom. The van der Waals surface area contributed by atoms with Gasteiger partial charge < -0.3 is 5.11 Å². The molecule has 0 radical (unpaired) electrons. The molecule has 0 unspecified atom stereocenters. The number of carboxylic acid groups (broad SMARTS) is 1. The van der Waals surface area contributed by atoms with E-state index < -0.39 is 16.2 Å². The zero-order chi connectivity index (χ0) is 19.6. The van der Waals surface area contributed by atoms with Crippen molar-refractivity contribution in [2.45, 2.75) is 18.8 Å². The maximum absolute atomic E-state index is 12.4. The summed E-state index contributed by atoms with van der Waals surface area (Å²) in [6, 6.07) is 1.49. The van der Waals surface area contributed by atoms with Gasteiger partial charge in [-0.1, -0.05) is 0 Å². The number of hydrogen-bond donors (Lipinski definition) is 1. The average molecular weight is 391 g/mol. The third-order valence-corrected chi connectivity index (χ3v) is 6.43. The number of hydrogen-bond acceptors (Lipinski definition) is 6. The minimum atomic E-state index is -3.48. The molecule has 3 heterocycles. The van der Waals surface area contributed by atoms with Crippen LogP contribution >= 0.6 is 0 Å². The van der Waals surface area contributed by atoms with Gasteiger partial charge in [0.25, 0.3) is 10.2 Å². The summed E-state index contributed by atoms with van der Waals surface area (Å²) in [5, 5.41) is 9.12. The summed E-state index contributed by atoms with van der Waals surface area (Å²) in [5.74, 6) is -1.14. The van der Waals surface area contributed by atoms with Gasteiger partial charge in [0.2, 0.25) is 0 Å². The predicted molar refractivity (Wildman–Crippen MR) is 98.4 cm³/mol. The molecule has 0 aromatic carbocycles. The van der Waals surface area contributed by atoms with Gasteiger partial charge in [-0.15, -0.1) is 0 Å². The van der Waals surface area contributed by atoms with Crippen molar-refractivity contribution >= 4 is 16.2 Å². The molecule has 1 fully saturated rings. The van der Waals surface area contributed by atoms with Gasteiger partial charge in [-0.3, -0.25) is 9.97 Å². The fraction of sp³-hybridized carbons (Fsp3) is 0.412. The average Bonchev–Trinajstić information content (AvgIpc) is 2.68. The molecule has 1 saturated heterocycles. The third kappa shape index (κ3) is 4.12. The highest BCUT2D eigenvalue weighted by Gasteiger charge is 2.31. The second kappa shape index (κ2) is 7.67. The van der Waals surface area contributed by atoms with Crippen molar-refractivity contribution in [3.63, 3.8) is 0 Å². The molecular formula is C17H21N5O4S. The van der Waals surface area contributed by atoms with Crippen molar-refractivity contribution < 1.29 is 18.3 Å². The molecule has 0 aliphatic carbocycles. The second-order valence-corrected chi connectivity index (χ2v) is 8.73. The highest BCUT2D eigenvalue weighted by molar-refractivity contribution is 7.86. The summed E-state index contributed by atoms with van der Waals surface area (Å²) in [6.45, 7) is 0.820. The first-order chi connectivity index (χ1) is 12.8. The Hall–Kier alpha value is -2.43. The first-order valence-corrected chi connectivity index (χ1v) is 9.87. The van der Waals surface area contributed by atoms with Gasteiger partial charge in [-0.2, -0.15) is 17.0 Å². The Labute approximate surface area is 157 Å². The van der Waals surface area contributed by atoms with Gasteiger partial charge in [0, 0.05) is 57.3 Å². The van der Waals surface area contributed by atoms with Gasteiger partial charge in [0.05, 0.1) is 23.1 Å². The van der Waals surface area contributed by atoms with Crippen molar-refractivity contribution in [3.05, 3.63) is 42.1 Å². The largest absolute Gasteiger partial charge is 0.478 e.